The van der Waals surface area contributed by atoms with Crippen molar-refractivity contribution >= 4 is 5.97 Å². The third kappa shape index (κ3) is 2.65. The van der Waals surface area contributed by atoms with Gasteiger partial charge in [-0.05, 0) is 89.4 Å². The van der Waals surface area contributed by atoms with E-state index in [0.29, 0.717) is 24.7 Å². The van der Waals surface area contributed by atoms with Crippen LogP contribution in [0.1, 0.15) is 93.4 Å². The van der Waals surface area contributed by atoms with Crippen LogP contribution in [0.4, 0.5) is 0 Å². The van der Waals surface area contributed by atoms with Crippen molar-refractivity contribution in [2.75, 3.05) is 6.61 Å². The maximum Gasteiger partial charge on any atom is 0.310 e. The molecule has 5 rings (SSSR count). The van der Waals surface area contributed by atoms with E-state index in [9.17, 15) is 20.1 Å². The number of carboxylic acids is 1. The number of aliphatic hydroxyl groups is 2. The zero-order valence-corrected chi connectivity index (χ0v) is 22.4. The molecule has 0 amide bonds. The zero-order valence-electron chi connectivity index (χ0n) is 22.4. The molecule has 0 aliphatic heterocycles. The molecule has 3 saturated carbocycles. The van der Waals surface area contributed by atoms with Gasteiger partial charge in [0.15, 0.2) is 0 Å². The monoisotopic (exact) mass is 470 g/mol. The Morgan fingerprint density at radius 2 is 1.62 bits per heavy atom. The molecular formula is C30H46O4. The Kier molecular flexibility index (Phi) is 5.06. The van der Waals surface area contributed by atoms with Gasteiger partial charge in [0.1, 0.15) is 0 Å². The minimum Gasteiger partial charge on any atom is -0.481 e. The summed E-state index contributed by atoms with van der Waals surface area (Å²) in [6.07, 6.45) is 10.1. The van der Waals surface area contributed by atoms with E-state index in [-0.39, 0.29) is 39.6 Å². The average molecular weight is 471 g/mol. The molecule has 1 unspecified atom stereocenters. The van der Waals surface area contributed by atoms with Crippen molar-refractivity contribution in [3.8, 4) is 0 Å². The van der Waals surface area contributed by atoms with Crippen molar-refractivity contribution < 1.29 is 20.1 Å². The summed E-state index contributed by atoms with van der Waals surface area (Å²) >= 11 is 0. The highest BCUT2D eigenvalue weighted by Crippen LogP contribution is 2.76. The standard InChI is InChI=1S/C30H46O4/c1-25(2)12-14-30(24(33)34)15-13-27(5)19(22(30)23(25)32)8-9-21-28(27,6)11-10-20-26(3,4)16-18(17-31)29(20,21)7/h8,16,20-23,31-32H,9-15,17H2,1-7H3,(H,33,34)/t20-,21-,22+,23?,27-,28-,29+,30+/m1/s1. The smallest absolute Gasteiger partial charge is 0.310 e. The van der Waals surface area contributed by atoms with Gasteiger partial charge in [0.25, 0.3) is 0 Å². The van der Waals surface area contributed by atoms with Crippen LogP contribution < -0.4 is 0 Å². The number of hydrogen-bond donors (Lipinski definition) is 3. The SMILES string of the molecule is CC1(C)CC[C@]2(C(=O)O)CC[C@]3(C)C(=CC[C@H]4[C@@]5(C)C(CO)=CC(C)(C)[C@H]5CC[C@]43C)[C@H]2C1O. The maximum absolute atomic E-state index is 12.8. The average Bonchev–Trinajstić information content (AvgIpc) is 2.96. The second-order valence-electron chi connectivity index (χ2n) is 14.6. The summed E-state index contributed by atoms with van der Waals surface area (Å²) in [7, 11) is 0. The zero-order chi connectivity index (χ0) is 25.1. The van der Waals surface area contributed by atoms with Crippen LogP contribution in [-0.2, 0) is 4.79 Å². The Labute approximate surface area is 205 Å². The maximum atomic E-state index is 12.8. The quantitative estimate of drug-likeness (QED) is 0.434. The lowest BCUT2D eigenvalue weighted by atomic mass is 9.35. The Hall–Kier alpha value is -1.13. The first-order valence-electron chi connectivity index (χ1n) is 13.6. The van der Waals surface area contributed by atoms with Crippen LogP contribution >= 0.6 is 0 Å². The summed E-state index contributed by atoms with van der Waals surface area (Å²) in [6, 6.07) is 0. The van der Waals surface area contributed by atoms with Crippen LogP contribution in [-0.4, -0.2) is 34.0 Å². The molecule has 3 fully saturated rings. The number of carbonyl (C=O) groups is 1. The van der Waals surface area contributed by atoms with Crippen molar-refractivity contribution in [1.82, 2.24) is 0 Å². The van der Waals surface area contributed by atoms with Crippen LogP contribution in [0.5, 0.6) is 0 Å². The Morgan fingerprint density at radius 1 is 0.971 bits per heavy atom. The summed E-state index contributed by atoms with van der Waals surface area (Å²) in [4.78, 5) is 12.8. The molecule has 4 nitrogen and oxygen atoms in total. The number of fused-ring (bicyclic) bond motifs is 7. The summed E-state index contributed by atoms with van der Waals surface area (Å²) in [5, 5.41) is 32.6. The van der Waals surface area contributed by atoms with Crippen molar-refractivity contribution in [2.24, 2.45) is 50.2 Å². The molecule has 0 aromatic heterocycles. The molecule has 0 saturated heterocycles. The summed E-state index contributed by atoms with van der Waals surface area (Å²) in [6.45, 7) is 16.2. The van der Waals surface area contributed by atoms with E-state index in [0.717, 1.165) is 32.1 Å². The number of aliphatic carboxylic acids is 1. The van der Waals surface area contributed by atoms with Gasteiger partial charge >= 0.3 is 5.97 Å². The van der Waals surface area contributed by atoms with Gasteiger partial charge in [0.2, 0.25) is 0 Å². The molecule has 3 N–H and O–H groups in total. The molecule has 0 radical (unpaired) electrons. The topological polar surface area (TPSA) is 77.8 Å². The lowest BCUT2D eigenvalue weighted by Crippen LogP contribution is -2.65. The molecule has 5 aliphatic rings. The molecular weight excluding hydrogens is 424 g/mol. The van der Waals surface area contributed by atoms with E-state index in [1.165, 1.54) is 11.1 Å². The fraction of sp³-hybridized carbons (Fsp3) is 0.833. The molecule has 5 aliphatic carbocycles. The summed E-state index contributed by atoms with van der Waals surface area (Å²) in [5.74, 6) is -0.122. The highest BCUT2D eigenvalue weighted by molar-refractivity contribution is 5.77. The van der Waals surface area contributed by atoms with Gasteiger partial charge in [0, 0.05) is 5.92 Å². The van der Waals surface area contributed by atoms with Crippen LogP contribution in [0.3, 0.4) is 0 Å². The van der Waals surface area contributed by atoms with E-state index in [4.69, 9.17) is 0 Å². The number of allylic oxidation sites excluding steroid dienone is 2. The first kappa shape index (κ1) is 24.6. The predicted molar refractivity (Wildman–Crippen MR) is 134 cm³/mol. The molecule has 190 valence electrons. The number of carboxylic acid groups (broad SMARTS) is 1. The highest BCUT2D eigenvalue weighted by atomic mass is 16.4. The van der Waals surface area contributed by atoms with Crippen LogP contribution in [0.2, 0.25) is 0 Å². The van der Waals surface area contributed by atoms with E-state index < -0.39 is 17.5 Å². The van der Waals surface area contributed by atoms with Gasteiger partial charge in [-0.3, -0.25) is 4.79 Å². The van der Waals surface area contributed by atoms with Crippen molar-refractivity contribution in [2.45, 2.75) is 99.5 Å². The lowest BCUT2D eigenvalue weighted by molar-refractivity contribution is -0.187. The fourth-order valence-electron chi connectivity index (χ4n) is 10.4. The van der Waals surface area contributed by atoms with E-state index in [1.54, 1.807) is 0 Å². The minimum absolute atomic E-state index is 0.00296. The minimum atomic E-state index is -0.851. The van der Waals surface area contributed by atoms with Gasteiger partial charge in [0.05, 0.1) is 18.1 Å². The van der Waals surface area contributed by atoms with Crippen molar-refractivity contribution in [3.05, 3.63) is 23.3 Å². The molecule has 34 heavy (non-hydrogen) atoms. The second kappa shape index (κ2) is 7.00. The number of rotatable bonds is 2. The van der Waals surface area contributed by atoms with Crippen molar-refractivity contribution in [1.29, 1.82) is 0 Å². The summed E-state index contributed by atoms with van der Waals surface area (Å²) < 4.78 is 0. The largest absolute Gasteiger partial charge is 0.481 e. The molecule has 0 aromatic rings. The predicted octanol–water partition coefficient (Wildman–Crippen LogP) is 5.98. The van der Waals surface area contributed by atoms with E-state index in [1.807, 2.05) is 0 Å². The first-order valence-corrected chi connectivity index (χ1v) is 13.6. The second-order valence-corrected chi connectivity index (χ2v) is 14.6. The first-order chi connectivity index (χ1) is 15.6. The summed E-state index contributed by atoms with van der Waals surface area (Å²) in [5.41, 5.74) is 1.18. The third-order valence-corrected chi connectivity index (χ3v) is 12.7. The number of hydrogen-bond acceptors (Lipinski definition) is 3. The molecule has 4 heteroatoms. The molecule has 0 spiro atoms. The van der Waals surface area contributed by atoms with Gasteiger partial charge in [-0.25, -0.2) is 0 Å². The molecule has 0 aromatic carbocycles. The van der Waals surface area contributed by atoms with E-state index >= 15 is 0 Å². The van der Waals surface area contributed by atoms with E-state index in [2.05, 4.69) is 60.6 Å². The molecule has 8 atom stereocenters. The molecule has 0 heterocycles. The highest BCUT2D eigenvalue weighted by Gasteiger charge is 2.70. The molecule has 0 bridgehead atoms. The number of aliphatic hydroxyl groups excluding tert-OH is 2. The Balaban J connectivity index is 1.66. The fourth-order valence-corrected chi connectivity index (χ4v) is 10.4. The van der Waals surface area contributed by atoms with Gasteiger partial charge in [-0.2, -0.15) is 0 Å². The third-order valence-electron chi connectivity index (χ3n) is 12.7. The van der Waals surface area contributed by atoms with Gasteiger partial charge in [-0.1, -0.05) is 66.2 Å². The normalized spacial score (nSPS) is 50.7. The van der Waals surface area contributed by atoms with Gasteiger partial charge in [-0.15, -0.1) is 0 Å². The Morgan fingerprint density at radius 3 is 2.24 bits per heavy atom. The van der Waals surface area contributed by atoms with Crippen LogP contribution in [0.15, 0.2) is 23.3 Å². The van der Waals surface area contributed by atoms with Crippen LogP contribution in [0, 0.1) is 50.2 Å². The lowest BCUT2D eigenvalue weighted by Gasteiger charge is -2.69. The van der Waals surface area contributed by atoms with Crippen molar-refractivity contribution in [3.63, 3.8) is 0 Å². The van der Waals surface area contributed by atoms with Gasteiger partial charge < -0.3 is 15.3 Å². The van der Waals surface area contributed by atoms with Crippen LogP contribution in [0.25, 0.3) is 0 Å². The Bertz CT molecular complexity index is 974.